The van der Waals surface area contributed by atoms with Crippen molar-refractivity contribution in [2.24, 2.45) is 5.92 Å². The van der Waals surface area contributed by atoms with E-state index in [1.807, 2.05) is 0 Å². The molecule has 3 fully saturated rings. The highest BCUT2D eigenvalue weighted by molar-refractivity contribution is 7.89. The van der Waals surface area contributed by atoms with Crippen LogP contribution in [0.5, 0.6) is 0 Å². The molecular weight excluding hydrogens is 458 g/mol. The molecule has 4 rings (SSSR count). The first-order valence-electron chi connectivity index (χ1n) is 12.3. The van der Waals surface area contributed by atoms with E-state index in [1.54, 1.807) is 17.0 Å². The standard InChI is InChI=1S/C24H35N3O6S/c1-19-6-5-11-26(17-19)23(28)18-33-24(29)21-16-20(34(30,31)27-12-14-32-15-13-27)7-8-22(21)25-9-3-2-4-10-25/h7-8,16,19H,2-6,9-15,17-18H2,1H3/t19-/m0/s1. The van der Waals surface area contributed by atoms with Crippen molar-refractivity contribution in [3.8, 4) is 0 Å². The number of likely N-dealkylation sites (tertiary alicyclic amines) is 1. The van der Waals surface area contributed by atoms with Crippen molar-refractivity contribution >= 4 is 27.6 Å². The summed E-state index contributed by atoms with van der Waals surface area (Å²) in [7, 11) is -3.77. The summed E-state index contributed by atoms with van der Waals surface area (Å²) in [6.07, 6.45) is 5.18. The van der Waals surface area contributed by atoms with E-state index in [1.165, 1.54) is 10.4 Å². The zero-order valence-electron chi connectivity index (χ0n) is 19.9. The number of ether oxygens (including phenoxy) is 2. The second kappa shape index (κ2) is 11.0. The van der Waals surface area contributed by atoms with Crippen LogP contribution in [0.25, 0.3) is 0 Å². The molecule has 0 radical (unpaired) electrons. The van der Waals surface area contributed by atoms with Gasteiger partial charge in [0.25, 0.3) is 5.91 Å². The minimum absolute atomic E-state index is 0.0540. The van der Waals surface area contributed by atoms with E-state index in [0.717, 1.165) is 45.2 Å². The molecule has 0 aliphatic carbocycles. The molecule has 34 heavy (non-hydrogen) atoms. The van der Waals surface area contributed by atoms with Crippen LogP contribution in [0, 0.1) is 5.92 Å². The predicted octanol–water partition coefficient (Wildman–Crippen LogP) is 2.11. The number of benzene rings is 1. The van der Waals surface area contributed by atoms with Gasteiger partial charge in [0, 0.05) is 39.3 Å². The predicted molar refractivity (Wildman–Crippen MR) is 127 cm³/mol. The number of carbonyl (C=O) groups excluding carboxylic acids is 2. The number of nitrogens with zero attached hydrogens (tertiary/aromatic N) is 3. The van der Waals surface area contributed by atoms with Gasteiger partial charge in [0.2, 0.25) is 10.0 Å². The highest BCUT2D eigenvalue weighted by atomic mass is 32.2. The van der Waals surface area contributed by atoms with Crippen LogP contribution in [0.1, 0.15) is 49.4 Å². The second-order valence-corrected chi connectivity index (χ2v) is 11.3. The molecule has 0 saturated carbocycles. The number of anilines is 1. The van der Waals surface area contributed by atoms with E-state index in [2.05, 4.69) is 11.8 Å². The molecule has 0 aromatic heterocycles. The fourth-order valence-corrected chi connectivity index (χ4v) is 6.33. The molecule has 3 heterocycles. The molecule has 1 amide bonds. The summed E-state index contributed by atoms with van der Waals surface area (Å²) >= 11 is 0. The van der Waals surface area contributed by atoms with Crippen LogP contribution < -0.4 is 4.90 Å². The van der Waals surface area contributed by atoms with Crippen molar-refractivity contribution in [2.75, 3.05) is 64.0 Å². The number of sulfonamides is 1. The SMILES string of the molecule is C[C@H]1CCCN(C(=O)COC(=O)c2cc(S(=O)(=O)N3CCOCC3)ccc2N2CCCCC2)C1. The van der Waals surface area contributed by atoms with Crippen LogP contribution >= 0.6 is 0 Å². The van der Waals surface area contributed by atoms with Gasteiger partial charge in [-0.15, -0.1) is 0 Å². The Kier molecular flexibility index (Phi) is 8.10. The Hall–Kier alpha value is -2.17. The number of piperidine rings is 2. The summed E-state index contributed by atoms with van der Waals surface area (Å²) < 4.78 is 38.5. The maximum absolute atomic E-state index is 13.2. The van der Waals surface area contributed by atoms with Crippen molar-refractivity contribution < 1.29 is 27.5 Å². The fourth-order valence-electron chi connectivity index (χ4n) is 4.90. The van der Waals surface area contributed by atoms with Crippen LogP contribution in [-0.2, 0) is 24.3 Å². The third-order valence-corrected chi connectivity index (χ3v) is 8.72. The summed E-state index contributed by atoms with van der Waals surface area (Å²) in [5.41, 5.74) is 0.848. The van der Waals surface area contributed by atoms with E-state index >= 15 is 0 Å². The minimum Gasteiger partial charge on any atom is -0.452 e. The van der Waals surface area contributed by atoms with E-state index in [-0.39, 0.29) is 36.1 Å². The molecule has 0 bridgehead atoms. The normalized spacial score (nSPS) is 22.4. The van der Waals surface area contributed by atoms with Gasteiger partial charge in [0.1, 0.15) is 0 Å². The van der Waals surface area contributed by atoms with Gasteiger partial charge in [-0.2, -0.15) is 4.31 Å². The van der Waals surface area contributed by atoms with E-state index in [0.29, 0.717) is 37.9 Å². The van der Waals surface area contributed by atoms with Crippen molar-refractivity contribution in [3.05, 3.63) is 23.8 Å². The van der Waals surface area contributed by atoms with E-state index in [9.17, 15) is 18.0 Å². The van der Waals surface area contributed by atoms with Crippen LogP contribution in [-0.4, -0.2) is 88.6 Å². The quantitative estimate of drug-likeness (QED) is 0.560. The van der Waals surface area contributed by atoms with E-state index < -0.39 is 16.0 Å². The maximum Gasteiger partial charge on any atom is 0.340 e. The average molecular weight is 494 g/mol. The highest BCUT2D eigenvalue weighted by Crippen LogP contribution is 2.29. The van der Waals surface area contributed by atoms with Gasteiger partial charge >= 0.3 is 5.97 Å². The van der Waals surface area contributed by atoms with Crippen molar-refractivity contribution in [1.82, 2.24) is 9.21 Å². The van der Waals surface area contributed by atoms with E-state index in [4.69, 9.17) is 9.47 Å². The number of amides is 1. The first-order chi connectivity index (χ1) is 16.4. The Bertz CT molecular complexity index is 986. The molecule has 10 heteroatoms. The third kappa shape index (κ3) is 5.72. The lowest BCUT2D eigenvalue weighted by Gasteiger charge is -2.31. The zero-order valence-corrected chi connectivity index (χ0v) is 20.7. The first kappa shape index (κ1) is 24.9. The molecular formula is C24H35N3O6S. The van der Waals surface area contributed by atoms with Crippen LogP contribution in [0.3, 0.4) is 0 Å². The van der Waals surface area contributed by atoms with Gasteiger partial charge in [-0.1, -0.05) is 6.92 Å². The molecule has 1 atom stereocenters. The Morgan fingerprint density at radius 1 is 1.03 bits per heavy atom. The van der Waals surface area contributed by atoms with Crippen molar-refractivity contribution in [1.29, 1.82) is 0 Å². The molecule has 0 N–H and O–H groups in total. The summed E-state index contributed by atoms with van der Waals surface area (Å²) in [6.45, 7) is 5.94. The monoisotopic (exact) mass is 493 g/mol. The Labute approximate surface area is 202 Å². The van der Waals surface area contributed by atoms with Gasteiger partial charge in [-0.3, -0.25) is 4.79 Å². The van der Waals surface area contributed by atoms with Gasteiger partial charge in [-0.25, -0.2) is 13.2 Å². The molecule has 1 aromatic carbocycles. The van der Waals surface area contributed by atoms with Crippen molar-refractivity contribution in [3.63, 3.8) is 0 Å². The Morgan fingerprint density at radius 3 is 2.47 bits per heavy atom. The number of carbonyl (C=O) groups is 2. The van der Waals surface area contributed by atoms with Gasteiger partial charge in [0.05, 0.1) is 29.4 Å². The number of morpholine rings is 1. The molecule has 188 valence electrons. The molecule has 3 saturated heterocycles. The molecule has 9 nitrogen and oxygen atoms in total. The lowest BCUT2D eigenvalue weighted by molar-refractivity contribution is -0.136. The van der Waals surface area contributed by atoms with Crippen molar-refractivity contribution in [2.45, 2.75) is 43.9 Å². The topological polar surface area (TPSA) is 96.5 Å². The Balaban J connectivity index is 1.55. The number of rotatable bonds is 6. The molecule has 3 aliphatic rings. The molecule has 0 unspecified atom stereocenters. The maximum atomic E-state index is 13.2. The zero-order chi connectivity index (χ0) is 24.1. The fraction of sp³-hybridized carbons (Fsp3) is 0.667. The van der Waals surface area contributed by atoms with Gasteiger partial charge < -0.3 is 19.3 Å². The van der Waals surface area contributed by atoms with Crippen LogP contribution in [0.2, 0.25) is 0 Å². The average Bonchev–Trinajstić information content (AvgIpc) is 2.87. The molecule has 1 aromatic rings. The number of hydrogen-bond acceptors (Lipinski definition) is 7. The Morgan fingerprint density at radius 2 is 1.76 bits per heavy atom. The minimum atomic E-state index is -3.77. The summed E-state index contributed by atoms with van der Waals surface area (Å²) in [5, 5.41) is 0. The lowest BCUT2D eigenvalue weighted by Crippen LogP contribution is -2.41. The number of esters is 1. The summed E-state index contributed by atoms with van der Waals surface area (Å²) in [5.74, 6) is -0.448. The van der Waals surface area contributed by atoms with Gasteiger partial charge in [-0.05, 0) is 56.2 Å². The van der Waals surface area contributed by atoms with Crippen LogP contribution in [0.4, 0.5) is 5.69 Å². The van der Waals surface area contributed by atoms with Crippen LogP contribution in [0.15, 0.2) is 23.1 Å². The first-order valence-corrected chi connectivity index (χ1v) is 13.7. The largest absolute Gasteiger partial charge is 0.452 e. The smallest absolute Gasteiger partial charge is 0.340 e. The van der Waals surface area contributed by atoms with Gasteiger partial charge in [0.15, 0.2) is 6.61 Å². The number of hydrogen-bond donors (Lipinski definition) is 0. The summed E-state index contributed by atoms with van der Waals surface area (Å²) in [4.78, 5) is 29.7. The second-order valence-electron chi connectivity index (χ2n) is 9.41. The summed E-state index contributed by atoms with van der Waals surface area (Å²) in [6, 6.07) is 4.67. The molecule has 3 aliphatic heterocycles. The highest BCUT2D eigenvalue weighted by Gasteiger charge is 2.30. The third-order valence-electron chi connectivity index (χ3n) is 6.83. The lowest BCUT2D eigenvalue weighted by atomic mass is 10.0. The molecule has 0 spiro atoms.